The Hall–Kier alpha value is -1.73. The van der Waals surface area contributed by atoms with Gasteiger partial charge in [0.15, 0.2) is 0 Å². The van der Waals surface area contributed by atoms with Crippen LogP contribution in [-0.2, 0) is 14.4 Å². The van der Waals surface area contributed by atoms with E-state index in [1.165, 1.54) is 18.9 Å². The average Bonchev–Trinajstić information content (AvgIpc) is 2.50. The molecular formula is C15H17ClN2O4S. The normalized spacial score (nSPS) is 21.3. The maximum absolute atomic E-state index is 12.2. The van der Waals surface area contributed by atoms with Crippen LogP contribution in [-0.4, -0.2) is 46.8 Å². The minimum absolute atomic E-state index is 0.331. The lowest BCUT2D eigenvalue weighted by Crippen LogP contribution is -2.52. The number of halogens is 1. The fourth-order valence-corrected chi connectivity index (χ4v) is 3.51. The number of thioether (sulfide) groups is 1. The van der Waals surface area contributed by atoms with Gasteiger partial charge in [0.25, 0.3) is 0 Å². The fraction of sp³-hybridized carbons (Fsp3) is 0.400. The average molecular weight is 357 g/mol. The Morgan fingerprint density at radius 2 is 1.91 bits per heavy atom. The molecule has 6 nitrogen and oxygen atoms in total. The molecule has 3 amide bonds. The topological polar surface area (TPSA) is 75.7 Å². The quantitative estimate of drug-likeness (QED) is 0.837. The molecule has 1 fully saturated rings. The highest BCUT2D eigenvalue weighted by Crippen LogP contribution is 2.29. The van der Waals surface area contributed by atoms with Crippen molar-refractivity contribution in [3.05, 3.63) is 23.2 Å². The Kier molecular flexibility index (Phi) is 5.54. The molecule has 1 aromatic rings. The molecule has 0 bridgehead atoms. The van der Waals surface area contributed by atoms with Crippen LogP contribution in [0.5, 0.6) is 5.75 Å². The van der Waals surface area contributed by atoms with Crippen molar-refractivity contribution >= 4 is 46.8 Å². The van der Waals surface area contributed by atoms with Crippen LogP contribution < -0.4 is 10.1 Å². The molecule has 0 unspecified atom stereocenters. The van der Waals surface area contributed by atoms with Gasteiger partial charge in [-0.2, -0.15) is 0 Å². The number of carbonyl (C=O) groups excluding carboxylic acids is 3. The van der Waals surface area contributed by atoms with Gasteiger partial charge < -0.3 is 10.1 Å². The molecule has 23 heavy (non-hydrogen) atoms. The summed E-state index contributed by atoms with van der Waals surface area (Å²) in [7, 11) is 1.47. The zero-order valence-corrected chi connectivity index (χ0v) is 14.5. The Balaban J connectivity index is 2.11. The first-order valence-corrected chi connectivity index (χ1v) is 8.29. The van der Waals surface area contributed by atoms with Crippen molar-refractivity contribution in [3.8, 4) is 5.75 Å². The molecule has 0 radical (unpaired) electrons. The van der Waals surface area contributed by atoms with Crippen LogP contribution in [0.25, 0.3) is 0 Å². The van der Waals surface area contributed by atoms with Gasteiger partial charge >= 0.3 is 0 Å². The fourth-order valence-electron chi connectivity index (χ4n) is 2.24. The lowest BCUT2D eigenvalue weighted by Gasteiger charge is -2.31. The van der Waals surface area contributed by atoms with E-state index in [-0.39, 0.29) is 28.9 Å². The first kappa shape index (κ1) is 17.6. The van der Waals surface area contributed by atoms with E-state index in [4.69, 9.17) is 16.3 Å². The van der Waals surface area contributed by atoms with Gasteiger partial charge in [0.2, 0.25) is 17.7 Å². The molecule has 1 saturated heterocycles. The van der Waals surface area contributed by atoms with Crippen molar-refractivity contribution in [2.75, 3.05) is 19.0 Å². The van der Waals surface area contributed by atoms with Gasteiger partial charge in [-0.3, -0.25) is 19.3 Å². The summed E-state index contributed by atoms with van der Waals surface area (Å²) in [5.74, 6) is -0.757. The highest BCUT2D eigenvalue weighted by atomic mass is 35.5. The maximum Gasteiger partial charge on any atom is 0.244 e. The number of nitrogens with one attached hydrogen (secondary N) is 1. The van der Waals surface area contributed by atoms with Crippen molar-refractivity contribution in [2.45, 2.75) is 24.3 Å². The van der Waals surface area contributed by atoms with Gasteiger partial charge in [0, 0.05) is 5.02 Å². The third-order valence-electron chi connectivity index (χ3n) is 3.37. The van der Waals surface area contributed by atoms with E-state index in [1.54, 1.807) is 32.0 Å². The van der Waals surface area contributed by atoms with Crippen LogP contribution in [0.2, 0.25) is 5.02 Å². The number of rotatable bonds is 4. The van der Waals surface area contributed by atoms with Crippen molar-refractivity contribution in [3.63, 3.8) is 0 Å². The molecule has 1 aromatic carbocycles. The first-order chi connectivity index (χ1) is 10.8. The molecule has 0 saturated carbocycles. The Morgan fingerprint density at radius 3 is 2.48 bits per heavy atom. The van der Waals surface area contributed by atoms with Crippen LogP contribution in [0.15, 0.2) is 18.2 Å². The van der Waals surface area contributed by atoms with E-state index in [0.29, 0.717) is 16.5 Å². The Labute approximate surface area is 143 Å². The number of imide groups is 1. The standard InChI is InChI=1S/C15H17ClN2O4S/c1-8-14(20)18(15(21)9(2)23-8)7-13(19)17-11-6-10(16)4-5-12(11)22-3/h4-6,8-9H,7H2,1-3H3,(H,17,19)/t8-,9-/m0/s1. The molecule has 1 aliphatic heterocycles. The monoisotopic (exact) mass is 356 g/mol. The van der Waals surface area contributed by atoms with Crippen molar-refractivity contribution in [2.24, 2.45) is 0 Å². The predicted octanol–water partition coefficient (Wildman–Crippen LogP) is 2.17. The van der Waals surface area contributed by atoms with E-state index in [1.807, 2.05) is 0 Å². The molecule has 0 spiro atoms. The summed E-state index contributed by atoms with van der Waals surface area (Å²) in [4.78, 5) is 37.4. The zero-order chi connectivity index (χ0) is 17.1. The van der Waals surface area contributed by atoms with Crippen molar-refractivity contribution in [1.82, 2.24) is 4.90 Å². The number of ether oxygens (including phenoxy) is 1. The molecule has 1 N–H and O–H groups in total. The Morgan fingerprint density at radius 1 is 1.30 bits per heavy atom. The van der Waals surface area contributed by atoms with Gasteiger partial charge in [-0.15, -0.1) is 11.8 Å². The van der Waals surface area contributed by atoms with E-state index in [0.717, 1.165) is 4.90 Å². The summed E-state index contributed by atoms with van der Waals surface area (Å²) in [6.45, 7) is 3.12. The van der Waals surface area contributed by atoms with E-state index in [9.17, 15) is 14.4 Å². The van der Waals surface area contributed by atoms with Gasteiger partial charge in [-0.1, -0.05) is 11.6 Å². The molecule has 0 aromatic heterocycles. The number of nitrogens with zero attached hydrogens (tertiary/aromatic N) is 1. The molecule has 1 aliphatic rings. The highest BCUT2D eigenvalue weighted by Gasteiger charge is 2.38. The molecule has 124 valence electrons. The summed E-state index contributed by atoms with van der Waals surface area (Å²) in [6, 6.07) is 4.80. The van der Waals surface area contributed by atoms with Crippen LogP contribution in [0.1, 0.15) is 13.8 Å². The smallest absolute Gasteiger partial charge is 0.244 e. The third-order valence-corrected chi connectivity index (χ3v) is 4.83. The number of hydrogen-bond acceptors (Lipinski definition) is 5. The summed E-state index contributed by atoms with van der Waals surface area (Å²) < 4.78 is 5.14. The van der Waals surface area contributed by atoms with Crippen LogP contribution in [0.4, 0.5) is 5.69 Å². The number of amides is 3. The third kappa shape index (κ3) is 3.97. The molecule has 8 heteroatoms. The van der Waals surface area contributed by atoms with Gasteiger partial charge in [0.1, 0.15) is 12.3 Å². The largest absolute Gasteiger partial charge is 0.495 e. The number of carbonyl (C=O) groups is 3. The molecular weight excluding hydrogens is 340 g/mol. The molecule has 2 rings (SSSR count). The lowest BCUT2D eigenvalue weighted by atomic mass is 10.2. The summed E-state index contributed by atoms with van der Waals surface area (Å²) in [6.07, 6.45) is 0. The summed E-state index contributed by atoms with van der Waals surface area (Å²) >= 11 is 7.20. The van der Waals surface area contributed by atoms with Gasteiger partial charge in [0.05, 0.1) is 23.3 Å². The predicted molar refractivity (Wildman–Crippen MR) is 89.9 cm³/mol. The summed E-state index contributed by atoms with van der Waals surface area (Å²) in [5, 5.41) is 2.35. The number of benzene rings is 1. The van der Waals surface area contributed by atoms with E-state index in [2.05, 4.69) is 5.32 Å². The van der Waals surface area contributed by atoms with Gasteiger partial charge in [-0.25, -0.2) is 0 Å². The van der Waals surface area contributed by atoms with E-state index >= 15 is 0 Å². The molecule has 0 aliphatic carbocycles. The van der Waals surface area contributed by atoms with Crippen molar-refractivity contribution < 1.29 is 19.1 Å². The maximum atomic E-state index is 12.2. The summed E-state index contributed by atoms with van der Waals surface area (Å²) in [5.41, 5.74) is 0.386. The van der Waals surface area contributed by atoms with Crippen LogP contribution in [0.3, 0.4) is 0 Å². The second kappa shape index (κ2) is 7.23. The minimum atomic E-state index is -0.487. The van der Waals surface area contributed by atoms with Crippen molar-refractivity contribution in [1.29, 1.82) is 0 Å². The zero-order valence-electron chi connectivity index (χ0n) is 13.0. The second-order valence-corrected chi connectivity index (χ2v) is 7.20. The van der Waals surface area contributed by atoms with Crippen LogP contribution >= 0.6 is 23.4 Å². The lowest BCUT2D eigenvalue weighted by molar-refractivity contribution is -0.147. The second-order valence-electron chi connectivity index (χ2n) is 5.08. The Bertz CT molecular complexity index is 632. The SMILES string of the molecule is COc1ccc(Cl)cc1NC(=O)CN1C(=O)[C@H](C)S[C@@H](C)C1=O. The molecule has 2 atom stereocenters. The number of methoxy groups -OCH3 is 1. The van der Waals surface area contributed by atoms with Gasteiger partial charge in [-0.05, 0) is 32.0 Å². The minimum Gasteiger partial charge on any atom is -0.495 e. The van der Waals surface area contributed by atoms with E-state index < -0.39 is 5.91 Å². The number of anilines is 1. The van der Waals surface area contributed by atoms with Crippen LogP contribution in [0, 0.1) is 0 Å². The first-order valence-electron chi connectivity index (χ1n) is 6.97. The highest BCUT2D eigenvalue weighted by molar-refractivity contribution is 8.02. The molecule has 1 heterocycles. The number of hydrogen-bond donors (Lipinski definition) is 1.